The molecule has 3 rings (SSSR count). The highest BCUT2D eigenvalue weighted by molar-refractivity contribution is 7.89. The molecule has 30 heavy (non-hydrogen) atoms. The van der Waals surface area contributed by atoms with Crippen LogP contribution in [0, 0.1) is 6.92 Å². The Kier molecular flexibility index (Phi) is 6.95. The van der Waals surface area contributed by atoms with Crippen molar-refractivity contribution in [1.29, 1.82) is 0 Å². The van der Waals surface area contributed by atoms with E-state index in [4.69, 9.17) is 4.74 Å². The smallest absolute Gasteiger partial charge is 0.322 e. The molecule has 0 atom stereocenters. The fourth-order valence-corrected chi connectivity index (χ4v) is 4.84. The van der Waals surface area contributed by atoms with E-state index in [1.54, 1.807) is 0 Å². The van der Waals surface area contributed by atoms with Gasteiger partial charge < -0.3 is 9.47 Å². The number of benzene rings is 2. The lowest BCUT2D eigenvalue weighted by Crippen LogP contribution is -2.38. The van der Waals surface area contributed by atoms with Crippen LogP contribution in [-0.4, -0.2) is 51.3 Å². The molecular weight excluding hydrogens is 402 g/mol. The maximum absolute atomic E-state index is 12.3. The zero-order valence-corrected chi connectivity index (χ0v) is 18.4. The first kappa shape index (κ1) is 22.1. The van der Waals surface area contributed by atoms with Crippen LogP contribution >= 0.6 is 0 Å². The Morgan fingerprint density at radius 1 is 1.13 bits per heavy atom. The summed E-state index contributed by atoms with van der Waals surface area (Å²) in [5.41, 5.74) is 5.57. The Hall–Kier alpha value is -2.64. The van der Waals surface area contributed by atoms with E-state index >= 15 is 0 Å². The summed E-state index contributed by atoms with van der Waals surface area (Å²) >= 11 is 0. The SMILES string of the molecule is CCOc1cccc(-c2ccc(C3=CCN(S(=O)(=O)CC(=O)OC)CC3)cc2C)c1. The molecule has 0 amide bonds. The number of nitrogens with zero attached hydrogens (tertiary/aromatic N) is 1. The number of sulfonamides is 1. The molecule has 1 aliphatic heterocycles. The molecule has 0 radical (unpaired) electrons. The number of methoxy groups -OCH3 is 1. The molecule has 0 saturated heterocycles. The van der Waals surface area contributed by atoms with Crippen LogP contribution in [-0.2, 0) is 19.6 Å². The second-order valence-corrected chi connectivity index (χ2v) is 9.13. The summed E-state index contributed by atoms with van der Waals surface area (Å²) in [5.74, 6) is -0.521. The largest absolute Gasteiger partial charge is 0.494 e. The molecule has 2 aromatic carbocycles. The number of hydrogen-bond donors (Lipinski definition) is 0. The van der Waals surface area contributed by atoms with Gasteiger partial charge in [-0.15, -0.1) is 0 Å². The van der Waals surface area contributed by atoms with E-state index in [1.165, 1.54) is 11.4 Å². The first-order valence-electron chi connectivity index (χ1n) is 9.92. The summed E-state index contributed by atoms with van der Waals surface area (Å²) < 4.78 is 36.0. The molecule has 0 bridgehead atoms. The van der Waals surface area contributed by atoms with Crippen molar-refractivity contribution in [2.75, 3.05) is 32.6 Å². The molecule has 2 aromatic rings. The molecule has 1 aliphatic rings. The van der Waals surface area contributed by atoms with Crippen molar-refractivity contribution < 1.29 is 22.7 Å². The van der Waals surface area contributed by atoms with Crippen molar-refractivity contribution in [2.45, 2.75) is 20.3 Å². The first-order valence-corrected chi connectivity index (χ1v) is 11.5. The molecule has 0 spiro atoms. The van der Waals surface area contributed by atoms with Gasteiger partial charge in [-0.3, -0.25) is 4.79 Å². The molecule has 0 saturated carbocycles. The Labute approximate surface area is 178 Å². The lowest BCUT2D eigenvalue weighted by Gasteiger charge is -2.25. The minimum Gasteiger partial charge on any atom is -0.494 e. The lowest BCUT2D eigenvalue weighted by molar-refractivity contribution is -0.137. The monoisotopic (exact) mass is 429 g/mol. The average Bonchev–Trinajstić information content (AvgIpc) is 2.74. The van der Waals surface area contributed by atoms with Gasteiger partial charge in [0, 0.05) is 13.1 Å². The summed E-state index contributed by atoms with van der Waals surface area (Å²) in [7, 11) is -2.47. The Balaban J connectivity index is 1.77. The molecule has 0 aliphatic carbocycles. The van der Waals surface area contributed by atoms with E-state index in [0.717, 1.165) is 33.6 Å². The number of ether oxygens (including phenoxy) is 2. The third-order valence-corrected chi connectivity index (χ3v) is 6.87. The number of carbonyl (C=O) groups excluding carboxylic acids is 1. The second kappa shape index (κ2) is 9.45. The molecule has 0 unspecified atom stereocenters. The van der Waals surface area contributed by atoms with Gasteiger partial charge >= 0.3 is 5.97 Å². The van der Waals surface area contributed by atoms with Gasteiger partial charge in [0.15, 0.2) is 5.75 Å². The van der Waals surface area contributed by atoms with E-state index in [-0.39, 0.29) is 6.54 Å². The highest BCUT2D eigenvalue weighted by atomic mass is 32.2. The highest BCUT2D eigenvalue weighted by Gasteiger charge is 2.27. The van der Waals surface area contributed by atoms with E-state index in [1.807, 2.05) is 31.2 Å². The molecule has 7 heteroatoms. The van der Waals surface area contributed by atoms with E-state index in [0.29, 0.717) is 19.6 Å². The van der Waals surface area contributed by atoms with Crippen LogP contribution in [0.4, 0.5) is 0 Å². The van der Waals surface area contributed by atoms with Crippen LogP contribution in [0.15, 0.2) is 48.5 Å². The van der Waals surface area contributed by atoms with E-state index in [9.17, 15) is 13.2 Å². The molecule has 1 heterocycles. The maximum atomic E-state index is 12.3. The summed E-state index contributed by atoms with van der Waals surface area (Å²) in [6.07, 6.45) is 2.52. The quantitative estimate of drug-likeness (QED) is 0.628. The third-order valence-electron chi connectivity index (χ3n) is 5.15. The first-order chi connectivity index (χ1) is 14.3. The van der Waals surface area contributed by atoms with E-state index in [2.05, 4.69) is 35.9 Å². The summed E-state index contributed by atoms with van der Waals surface area (Å²) in [6.45, 7) is 5.27. The molecule has 0 N–H and O–H groups in total. The zero-order chi connectivity index (χ0) is 21.7. The minimum absolute atomic E-state index is 0.256. The van der Waals surface area contributed by atoms with Gasteiger partial charge in [-0.1, -0.05) is 36.4 Å². The number of carbonyl (C=O) groups is 1. The summed E-state index contributed by atoms with van der Waals surface area (Å²) in [6, 6.07) is 14.3. The van der Waals surface area contributed by atoms with Crippen LogP contribution in [0.3, 0.4) is 0 Å². The maximum Gasteiger partial charge on any atom is 0.322 e. The van der Waals surface area contributed by atoms with Gasteiger partial charge in [-0.2, -0.15) is 4.31 Å². The number of esters is 1. The summed E-state index contributed by atoms with van der Waals surface area (Å²) in [4.78, 5) is 11.3. The average molecular weight is 430 g/mol. The number of hydrogen-bond acceptors (Lipinski definition) is 5. The van der Waals surface area contributed by atoms with Crippen molar-refractivity contribution in [1.82, 2.24) is 4.31 Å². The fourth-order valence-electron chi connectivity index (χ4n) is 3.57. The second-order valence-electron chi connectivity index (χ2n) is 7.16. The van der Waals surface area contributed by atoms with Crippen molar-refractivity contribution in [2.24, 2.45) is 0 Å². The number of aryl methyl sites for hydroxylation is 1. The Bertz CT molecular complexity index is 1060. The molecule has 0 fully saturated rings. The van der Waals surface area contributed by atoms with Gasteiger partial charge in [-0.05, 0) is 60.2 Å². The Morgan fingerprint density at radius 3 is 2.57 bits per heavy atom. The van der Waals surface area contributed by atoms with Crippen LogP contribution in [0.1, 0.15) is 24.5 Å². The lowest BCUT2D eigenvalue weighted by atomic mass is 9.93. The van der Waals surface area contributed by atoms with Gasteiger partial charge in [0.1, 0.15) is 5.75 Å². The van der Waals surface area contributed by atoms with Crippen LogP contribution < -0.4 is 4.74 Å². The van der Waals surface area contributed by atoms with Gasteiger partial charge in [0.25, 0.3) is 0 Å². The Morgan fingerprint density at radius 2 is 1.93 bits per heavy atom. The zero-order valence-electron chi connectivity index (χ0n) is 17.6. The standard InChI is InChI=1S/C23H27NO5S/c1-4-29-21-7-5-6-20(15-21)22-9-8-19(14-17(22)2)18-10-12-24(13-11-18)30(26,27)16-23(25)28-3/h5-10,14-15H,4,11-13,16H2,1-3H3. The topological polar surface area (TPSA) is 72.9 Å². The molecule has 6 nitrogen and oxygen atoms in total. The van der Waals surface area contributed by atoms with Crippen LogP contribution in [0.5, 0.6) is 5.75 Å². The van der Waals surface area contributed by atoms with Gasteiger partial charge in [-0.25, -0.2) is 8.42 Å². The van der Waals surface area contributed by atoms with Gasteiger partial charge in [0.05, 0.1) is 13.7 Å². The predicted molar refractivity (Wildman–Crippen MR) is 118 cm³/mol. The minimum atomic E-state index is -3.66. The van der Waals surface area contributed by atoms with Crippen molar-refractivity contribution in [3.05, 3.63) is 59.7 Å². The van der Waals surface area contributed by atoms with Crippen molar-refractivity contribution in [3.63, 3.8) is 0 Å². The molecule has 160 valence electrons. The number of rotatable bonds is 7. The van der Waals surface area contributed by atoms with Gasteiger partial charge in [0.2, 0.25) is 10.0 Å². The predicted octanol–water partition coefficient (Wildman–Crippen LogP) is 3.65. The highest BCUT2D eigenvalue weighted by Crippen LogP contribution is 2.31. The van der Waals surface area contributed by atoms with Crippen LogP contribution in [0.2, 0.25) is 0 Å². The fraction of sp³-hybridized carbons (Fsp3) is 0.348. The van der Waals surface area contributed by atoms with E-state index < -0.39 is 21.7 Å². The third kappa shape index (κ3) is 5.09. The summed E-state index contributed by atoms with van der Waals surface area (Å²) in [5, 5.41) is 0. The van der Waals surface area contributed by atoms with Crippen LogP contribution in [0.25, 0.3) is 16.7 Å². The molecular formula is C23H27NO5S. The van der Waals surface area contributed by atoms with Crippen molar-refractivity contribution in [3.8, 4) is 16.9 Å². The molecule has 0 aromatic heterocycles. The normalized spacial score (nSPS) is 14.8. The van der Waals surface area contributed by atoms with Crippen molar-refractivity contribution >= 4 is 21.6 Å².